The first-order valence-corrected chi connectivity index (χ1v) is 5.82. The highest BCUT2D eigenvalue weighted by Crippen LogP contribution is 2.22. The molecule has 0 spiro atoms. The number of para-hydroxylation sites is 1. The second kappa shape index (κ2) is 5.07. The number of rotatable bonds is 2. The highest BCUT2D eigenvalue weighted by atomic mass is 35.5. The van der Waals surface area contributed by atoms with Gasteiger partial charge in [0.05, 0.1) is 16.6 Å². The normalized spacial score (nSPS) is 11.8. The molecule has 0 bridgehead atoms. The summed E-state index contributed by atoms with van der Waals surface area (Å²) in [4.78, 5) is 16.1. The molecule has 4 heteroatoms. The van der Waals surface area contributed by atoms with E-state index in [4.69, 9.17) is 18.0 Å². The maximum absolute atomic E-state index is 11.9. The van der Waals surface area contributed by atoms with Crippen molar-refractivity contribution in [3.05, 3.63) is 41.0 Å². The van der Waals surface area contributed by atoms with Crippen molar-refractivity contribution in [2.45, 2.75) is 13.0 Å². The van der Waals surface area contributed by atoms with Gasteiger partial charge in [0.15, 0.2) is 0 Å². The Morgan fingerprint density at radius 2 is 2.22 bits per heavy atom. The fraction of sp³-hybridized carbons (Fsp3) is 0.143. The summed E-state index contributed by atoms with van der Waals surface area (Å²) in [6.45, 7) is 1.72. The monoisotopic (exact) mass is 258 g/mol. The summed E-state index contributed by atoms with van der Waals surface area (Å²) in [7, 11) is 0. The number of hydrogen-bond acceptors (Lipinski definition) is 2. The largest absolute Gasteiger partial charge is 0.337 e. The van der Waals surface area contributed by atoms with Gasteiger partial charge in [0.1, 0.15) is 5.69 Å². The van der Waals surface area contributed by atoms with Crippen LogP contribution in [0.4, 0.5) is 0 Å². The van der Waals surface area contributed by atoms with Crippen molar-refractivity contribution in [2.24, 2.45) is 0 Å². The number of carbonyl (C=O) groups is 1. The lowest BCUT2D eigenvalue weighted by atomic mass is 10.2. The van der Waals surface area contributed by atoms with E-state index in [-0.39, 0.29) is 17.6 Å². The van der Waals surface area contributed by atoms with E-state index in [0.29, 0.717) is 10.5 Å². The van der Waals surface area contributed by atoms with Gasteiger partial charge in [-0.2, -0.15) is 0 Å². The molecule has 90 valence electrons. The summed E-state index contributed by atoms with van der Waals surface area (Å²) in [6, 6.07) is 8.58. The molecule has 0 saturated heterocycles. The third-order valence-corrected chi connectivity index (χ3v) is 2.81. The van der Waals surface area contributed by atoms with Crippen molar-refractivity contribution in [3.63, 3.8) is 0 Å². The SMILES string of the molecule is C#CC(C)NC(=O)c1cc(Cl)c2ccccc2n1. The van der Waals surface area contributed by atoms with Gasteiger partial charge in [0, 0.05) is 5.39 Å². The molecule has 0 saturated carbocycles. The van der Waals surface area contributed by atoms with Crippen molar-refractivity contribution in [1.29, 1.82) is 0 Å². The first-order valence-electron chi connectivity index (χ1n) is 5.44. The zero-order chi connectivity index (χ0) is 13.1. The molecule has 1 aromatic heterocycles. The summed E-state index contributed by atoms with van der Waals surface area (Å²) in [6.07, 6.45) is 5.21. The van der Waals surface area contributed by atoms with Crippen LogP contribution in [-0.4, -0.2) is 16.9 Å². The van der Waals surface area contributed by atoms with Crippen molar-refractivity contribution in [2.75, 3.05) is 0 Å². The Labute approximate surface area is 110 Å². The second-order valence-electron chi connectivity index (χ2n) is 3.87. The van der Waals surface area contributed by atoms with Crippen LogP contribution < -0.4 is 5.32 Å². The maximum Gasteiger partial charge on any atom is 0.270 e. The van der Waals surface area contributed by atoms with Gasteiger partial charge in [-0.05, 0) is 19.1 Å². The Kier molecular flexibility index (Phi) is 3.50. The van der Waals surface area contributed by atoms with Crippen LogP contribution >= 0.6 is 11.6 Å². The molecule has 0 fully saturated rings. The van der Waals surface area contributed by atoms with Crippen molar-refractivity contribution in [3.8, 4) is 12.3 Å². The van der Waals surface area contributed by atoms with E-state index in [9.17, 15) is 4.79 Å². The van der Waals surface area contributed by atoms with Gasteiger partial charge < -0.3 is 5.32 Å². The number of fused-ring (bicyclic) bond motifs is 1. The molecule has 2 aromatic rings. The Morgan fingerprint density at radius 1 is 1.50 bits per heavy atom. The lowest BCUT2D eigenvalue weighted by Gasteiger charge is -2.08. The fourth-order valence-electron chi connectivity index (χ4n) is 1.56. The third kappa shape index (κ3) is 2.44. The molecule has 2 rings (SSSR count). The Hall–Kier alpha value is -2.05. The number of nitrogens with one attached hydrogen (secondary N) is 1. The van der Waals surface area contributed by atoms with Gasteiger partial charge in [0.25, 0.3) is 5.91 Å². The quantitative estimate of drug-likeness (QED) is 0.842. The zero-order valence-electron chi connectivity index (χ0n) is 9.77. The number of aromatic nitrogens is 1. The molecule has 18 heavy (non-hydrogen) atoms. The Balaban J connectivity index is 2.41. The number of nitrogens with zero attached hydrogens (tertiary/aromatic N) is 1. The topological polar surface area (TPSA) is 42.0 Å². The molecule has 1 amide bonds. The highest BCUT2D eigenvalue weighted by Gasteiger charge is 2.12. The predicted octanol–water partition coefficient (Wildman–Crippen LogP) is 2.64. The van der Waals surface area contributed by atoms with Gasteiger partial charge >= 0.3 is 0 Å². The third-order valence-electron chi connectivity index (χ3n) is 2.50. The summed E-state index contributed by atoms with van der Waals surface area (Å²) in [5, 5.41) is 3.96. The van der Waals surface area contributed by atoms with E-state index < -0.39 is 0 Å². The molecule has 0 radical (unpaired) electrons. The molecule has 0 aliphatic carbocycles. The summed E-state index contributed by atoms with van der Waals surface area (Å²) in [5.74, 6) is 2.10. The van der Waals surface area contributed by atoms with E-state index in [0.717, 1.165) is 5.39 Å². The van der Waals surface area contributed by atoms with E-state index in [1.54, 1.807) is 13.0 Å². The van der Waals surface area contributed by atoms with E-state index in [1.807, 2.05) is 24.3 Å². The lowest BCUT2D eigenvalue weighted by molar-refractivity contribution is 0.0943. The van der Waals surface area contributed by atoms with Crippen LogP contribution in [0.15, 0.2) is 30.3 Å². The van der Waals surface area contributed by atoms with Gasteiger partial charge in [-0.15, -0.1) is 6.42 Å². The van der Waals surface area contributed by atoms with Crippen molar-refractivity contribution in [1.82, 2.24) is 10.3 Å². The van der Waals surface area contributed by atoms with E-state index >= 15 is 0 Å². The van der Waals surface area contributed by atoms with Gasteiger partial charge in [-0.1, -0.05) is 35.7 Å². The van der Waals surface area contributed by atoms with Crippen LogP contribution in [-0.2, 0) is 0 Å². The van der Waals surface area contributed by atoms with Gasteiger partial charge in [-0.25, -0.2) is 4.98 Å². The smallest absolute Gasteiger partial charge is 0.270 e. The number of carbonyl (C=O) groups excluding carboxylic acids is 1. The molecule has 0 aliphatic heterocycles. The number of amides is 1. The maximum atomic E-state index is 11.9. The average molecular weight is 259 g/mol. The standard InChI is InChI=1S/C14H11ClN2O/c1-3-9(2)16-14(18)13-8-11(15)10-6-4-5-7-12(10)17-13/h1,4-9H,2H3,(H,16,18). The molecule has 1 heterocycles. The predicted molar refractivity (Wildman–Crippen MR) is 72.5 cm³/mol. The number of halogens is 1. The first-order chi connectivity index (χ1) is 8.61. The Morgan fingerprint density at radius 3 is 2.94 bits per heavy atom. The van der Waals surface area contributed by atoms with E-state index in [2.05, 4.69) is 16.2 Å². The minimum atomic E-state index is -0.343. The minimum Gasteiger partial charge on any atom is -0.337 e. The van der Waals surface area contributed by atoms with Crippen LogP contribution in [0, 0.1) is 12.3 Å². The molecule has 3 nitrogen and oxygen atoms in total. The average Bonchev–Trinajstić information content (AvgIpc) is 2.38. The first kappa shape index (κ1) is 12.4. The van der Waals surface area contributed by atoms with Crippen LogP contribution in [0.1, 0.15) is 17.4 Å². The molecular formula is C14H11ClN2O. The molecule has 1 aromatic carbocycles. The Bertz CT molecular complexity index is 646. The lowest BCUT2D eigenvalue weighted by Crippen LogP contribution is -2.31. The van der Waals surface area contributed by atoms with Crippen LogP contribution in [0.3, 0.4) is 0 Å². The second-order valence-corrected chi connectivity index (χ2v) is 4.28. The van der Waals surface area contributed by atoms with Crippen molar-refractivity contribution >= 4 is 28.4 Å². The zero-order valence-corrected chi connectivity index (χ0v) is 10.5. The summed E-state index contributed by atoms with van der Waals surface area (Å²) >= 11 is 6.12. The van der Waals surface area contributed by atoms with Crippen molar-refractivity contribution < 1.29 is 4.79 Å². The molecule has 0 aliphatic rings. The highest BCUT2D eigenvalue weighted by molar-refractivity contribution is 6.35. The van der Waals surface area contributed by atoms with Crippen LogP contribution in [0.2, 0.25) is 5.02 Å². The number of terminal acetylenes is 1. The molecule has 1 unspecified atom stereocenters. The molecule has 1 N–H and O–H groups in total. The number of hydrogen-bond donors (Lipinski definition) is 1. The van der Waals surface area contributed by atoms with Crippen LogP contribution in [0.25, 0.3) is 10.9 Å². The fourth-order valence-corrected chi connectivity index (χ4v) is 1.82. The minimum absolute atomic E-state index is 0.265. The van der Waals surface area contributed by atoms with Crippen LogP contribution in [0.5, 0.6) is 0 Å². The summed E-state index contributed by atoms with van der Waals surface area (Å²) < 4.78 is 0. The number of pyridine rings is 1. The summed E-state index contributed by atoms with van der Waals surface area (Å²) in [5.41, 5.74) is 0.948. The van der Waals surface area contributed by atoms with E-state index in [1.165, 1.54) is 0 Å². The number of benzene rings is 1. The molecule has 1 atom stereocenters. The van der Waals surface area contributed by atoms with Gasteiger partial charge in [-0.3, -0.25) is 4.79 Å². The molecular weight excluding hydrogens is 248 g/mol. The van der Waals surface area contributed by atoms with Gasteiger partial charge in [0.2, 0.25) is 0 Å².